The van der Waals surface area contributed by atoms with Crippen LogP contribution < -0.4 is 11.1 Å². The number of ketones is 2. The lowest BCUT2D eigenvalue weighted by atomic mass is 9.60. The van der Waals surface area contributed by atoms with E-state index in [9.17, 15) is 34.5 Å². The van der Waals surface area contributed by atoms with E-state index in [1.54, 1.807) is 37.3 Å². The quantitative estimate of drug-likeness (QED) is 0.267. The van der Waals surface area contributed by atoms with E-state index in [0.717, 1.165) is 24.8 Å². The molecule has 1 heterocycles. The van der Waals surface area contributed by atoms with Crippen molar-refractivity contribution in [2.75, 3.05) is 14.1 Å². The van der Waals surface area contributed by atoms with Crippen LogP contribution in [0.2, 0.25) is 0 Å². The Morgan fingerprint density at radius 3 is 2.47 bits per heavy atom. The number of aromatic hydroxyl groups is 1. The van der Waals surface area contributed by atoms with E-state index in [1.165, 1.54) is 25.5 Å². The molecule has 4 aliphatic rings. The summed E-state index contributed by atoms with van der Waals surface area (Å²) >= 11 is 0. The molecule has 2 amide bonds. The number of allylic oxidation sites excluding steroid dienone is 2. The van der Waals surface area contributed by atoms with Crippen molar-refractivity contribution in [1.29, 1.82) is 0 Å². The Labute approximate surface area is 273 Å². The first-order chi connectivity index (χ1) is 22.5. The number of primary amides is 1. The number of benzene rings is 1. The number of aliphatic hydroxyl groups is 2. The number of nitrogens with two attached hydrogens (primary N) is 1. The fourth-order valence-electron chi connectivity index (χ4n) is 8.44. The number of carbonyl (C=O) groups is 4. The predicted octanol–water partition coefficient (Wildman–Crippen LogP) is 3.84. The Bertz CT molecular complexity index is 1690. The van der Waals surface area contributed by atoms with Gasteiger partial charge in [0.1, 0.15) is 22.8 Å². The Kier molecular flexibility index (Phi) is 8.93. The zero-order chi connectivity index (χ0) is 33.6. The first-order valence-corrected chi connectivity index (χ1v) is 16.5. The van der Waals surface area contributed by atoms with Gasteiger partial charge in [-0.15, -0.1) is 0 Å². The van der Waals surface area contributed by atoms with E-state index in [2.05, 4.69) is 10.3 Å². The Morgan fingerprint density at radius 1 is 1.06 bits per heavy atom. The van der Waals surface area contributed by atoms with Crippen molar-refractivity contribution in [3.05, 3.63) is 81.1 Å². The SMILES string of the molecule is CN(C)[C@@H]1C(O)=C(C(N)=O)C(=O)C2C(O)=C3C(=O)c4c(O)c(CNC(=O)c5cccnc5)cc(CCC5CCCCC5)c4CC3CC21. The number of aromatic nitrogens is 1. The average molecular weight is 643 g/mol. The number of pyridine rings is 1. The Hall–Kier alpha value is -4.51. The van der Waals surface area contributed by atoms with Gasteiger partial charge in [0.15, 0.2) is 11.6 Å². The number of rotatable bonds is 8. The molecule has 4 aliphatic carbocycles. The number of aliphatic hydroxyl groups excluding tert-OH is 2. The van der Waals surface area contributed by atoms with Gasteiger partial charge in [-0.1, -0.05) is 38.2 Å². The molecule has 6 N–H and O–H groups in total. The van der Waals surface area contributed by atoms with Gasteiger partial charge in [-0.2, -0.15) is 0 Å². The molecule has 1 aromatic carbocycles. The van der Waals surface area contributed by atoms with Gasteiger partial charge < -0.3 is 26.4 Å². The second kappa shape index (κ2) is 12.9. The highest BCUT2D eigenvalue weighted by Gasteiger charge is 2.54. The molecule has 4 atom stereocenters. The Balaban J connectivity index is 1.40. The van der Waals surface area contributed by atoms with Gasteiger partial charge in [-0.25, -0.2) is 0 Å². The molecule has 1 aromatic heterocycles. The van der Waals surface area contributed by atoms with Gasteiger partial charge in [0.05, 0.1) is 23.1 Å². The van der Waals surface area contributed by atoms with Crippen LogP contribution >= 0.6 is 0 Å². The summed E-state index contributed by atoms with van der Waals surface area (Å²) in [5.41, 5.74) is 7.42. The number of aryl methyl sites for hydroxylation is 1. The monoisotopic (exact) mass is 642 g/mol. The molecule has 11 nitrogen and oxygen atoms in total. The van der Waals surface area contributed by atoms with Gasteiger partial charge in [-0.05, 0) is 80.8 Å². The van der Waals surface area contributed by atoms with Crippen LogP contribution in [0.4, 0.5) is 0 Å². The van der Waals surface area contributed by atoms with Gasteiger partial charge in [0.2, 0.25) is 0 Å². The topological polar surface area (TPSA) is 183 Å². The summed E-state index contributed by atoms with van der Waals surface area (Å²) in [4.78, 5) is 58.7. The number of carbonyl (C=O) groups excluding carboxylic acids is 4. The van der Waals surface area contributed by atoms with Crippen molar-refractivity contribution in [2.45, 2.75) is 70.4 Å². The van der Waals surface area contributed by atoms with E-state index >= 15 is 0 Å². The maximum atomic E-state index is 14.4. The third kappa shape index (κ3) is 5.81. The van der Waals surface area contributed by atoms with E-state index < -0.39 is 58.4 Å². The number of amides is 2. The molecule has 3 unspecified atom stereocenters. The van der Waals surface area contributed by atoms with E-state index in [0.29, 0.717) is 41.9 Å². The highest BCUT2D eigenvalue weighted by molar-refractivity contribution is 6.22. The summed E-state index contributed by atoms with van der Waals surface area (Å²) in [6, 6.07) is 4.39. The molecule has 0 radical (unpaired) electrons. The number of phenols is 1. The molecule has 1 saturated carbocycles. The van der Waals surface area contributed by atoms with Gasteiger partial charge in [0, 0.05) is 30.1 Å². The maximum Gasteiger partial charge on any atom is 0.255 e. The minimum Gasteiger partial charge on any atom is -0.511 e. The highest BCUT2D eigenvalue weighted by Crippen LogP contribution is 2.51. The fraction of sp³-hybridized carbons (Fsp3) is 0.472. The van der Waals surface area contributed by atoms with Crippen LogP contribution in [-0.2, 0) is 29.0 Å². The first kappa shape index (κ1) is 32.4. The minimum absolute atomic E-state index is 0.0370. The van der Waals surface area contributed by atoms with Crippen molar-refractivity contribution in [2.24, 2.45) is 29.4 Å². The second-order valence-electron chi connectivity index (χ2n) is 13.7. The lowest BCUT2D eigenvalue weighted by molar-refractivity contribution is -0.127. The lowest BCUT2D eigenvalue weighted by Gasteiger charge is -2.46. The van der Waals surface area contributed by atoms with Crippen LogP contribution in [0.5, 0.6) is 5.75 Å². The summed E-state index contributed by atoms with van der Waals surface area (Å²) in [5.74, 6) is -5.75. The lowest BCUT2D eigenvalue weighted by Crippen LogP contribution is -2.53. The van der Waals surface area contributed by atoms with Crippen molar-refractivity contribution in [1.82, 2.24) is 15.2 Å². The largest absolute Gasteiger partial charge is 0.511 e. The van der Waals surface area contributed by atoms with Crippen molar-refractivity contribution >= 4 is 23.4 Å². The molecule has 2 aromatic rings. The number of fused-ring (bicyclic) bond motifs is 3. The van der Waals surface area contributed by atoms with Crippen molar-refractivity contribution in [3.8, 4) is 5.75 Å². The number of hydrogen-bond acceptors (Lipinski definition) is 9. The van der Waals surface area contributed by atoms with Crippen LogP contribution in [0, 0.1) is 23.7 Å². The molecule has 47 heavy (non-hydrogen) atoms. The van der Waals surface area contributed by atoms with E-state index in [1.807, 2.05) is 6.07 Å². The zero-order valence-corrected chi connectivity index (χ0v) is 26.8. The molecule has 1 fully saturated rings. The number of likely N-dealkylation sites (N-methyl/N-ethyl adjacent to an activating group) is 1. The Morgan fingerprint density at radius 2 is 1.81 bits per heavy atom. The molecule has 0 aliphatic heterocycles. The minimum atomic E-state index is -1.24. The zero-order valence-electron chi connectivity index (χ0n) is 26.8. The predicted molar refractivity (Wildman–Crippen MR) is 173 cm³/mol. The van der Waals surface area contributed by atoms with Gasteiger partial charge >= 0.3 is 0 Å². The standard InChI is InChI=1S/C36H42N4O7/c1-40(2)29-24-15-21-14-23-19(11-10-18-7-4-3-5-8-18)13-22(17-39-36(47)20-9-6-12-38-16-20)30(41)26(23)31(42)25(21)32(43)27(24)33(44)28(34(29)45)35(37)46/h6,9,12-13,16,18,21,24,27,29,41,43,45H,3-5,7-8,10-11,14-15,17H2,1-2H3,(H2,37,46)(H,39,47)/t21?,24?,27?,29-/m0/s1. The molecule has 0 saturated heterocycles. The number of nitrogens with one attached hydrogen (secondary N) is 1. The average Bonchev–Trinajstić information content (AvgIpc) is 3.04. The molecule has 248 valence electrons. The molecule has 0 bridgehead atoms. The molecule has 11 heteroatoms. The van der Waals surface area contributed by atoms with Crippen LogP contribution in [0.1, 0.15) is 82.4 Å². The number of phenolic OH excluding ortho intramolecular Hbond substituents is 1. The molecular weight excluding hydrogens is 600 g/mol. The van der Waals surface area contributed by atoms with Crippen LogP contribution in [-0.4, -0.2) is 68.7 Å². The summed E-state index contributed by atoms with van der Waals surface area (Å²) in [5, 5.41) is 37.1. The smallest absolute Gasteiger partial charge is 0.255 e. The van der Waals surface area contributed by atoms with Crippen LogP contribution in [0.3, 0.4) is 0 Å². The van der Waals surface area contributed by atoms with Crippen LogP contribution in [0.15, 0.2) is 53.3 Å². The maximum absolute atomic E-state index is 14.4. The van der Waals surface area contributed by atoms with Crippen molar-refractivity contribution < 1.29 is 34.5 Å². The summed E-state index contributed by atoms with van der Waals surface area (Å²) < 4.78 is 0. The van der Waals surface area contributed by atoms with Crippen molar-refractivity contribution in [3.63, 3.8) is 0 Å². The fourth-order valence-corrected chi connectivity index (χ4v) is 8.44. The van der Waals surface area contributed by atoms with Crippen LogP contribution in [0.25, 0.3) is 0 Å². The molecule has 6 rings (SSSR count). The second-order valence-corrected chi connectivity index (χ2v) is 13.7. The number of Topliss-reactive ketones (excluding diaryl/α,β-unsaturated/α-hetero) is 2. The summed E-state index contributed by atoms with van der Waals surface area (Å²) in [6.45, 7) is -0.0370. The number of hydrogen-bond donors (Lipinski definition) is 5. The van der Waals surface area contributed by atoms with Gasteiger partial charge in [0.25, 0.3) is 11.8 Å². The highest BCUT2D eigenvalue weighted by atomic mass is 16.3. The number of nitrogens with zero attached hydrogens (tertiary/aromatic N) is 2. The van der Waals surface area contributed by atoms with E-state index in [4.69, 9.17) is 5.73 Å². The summed E-state index contributed by atoms with van der Waals surface area (Å²) in [6.07, 6.45) is 11.2. The van der Waals surface area contributed by atoms with E-state index in [-0.39, 0.29) is 29.3 Å². The molecular formula is C36H42N4O7. The summed E-state index contributed by atoms with van der Waals surface area (Å²) in [7, 11) is 3.42. The third-order valence-electron chi connectivity index (χ3n) is 10.6. The normalized spacial score (nSPS) is 24.6. The van der Waals surface area contributed by atoms with Gasteiger partial charge in [-0.3, -0.25) is 29.1 Å². The first-order valence-electron chi connectivity index (χ1n) is 16.5. The third-order valence-corrected chi connectivity index (χ3v) is 10.6. The molecule has 0 spiro atoms.